The predicted molar refractivity (Wildman–Crippen MR) is 74.1 cm³/mol. The van der Waals surface area contributed by atoms with Crippen LogP contribution in [0.2, 0.25) is 0 Å². The van der Waals surface area contributed by atoms with E-state index in [1.54, 1.807) is 10.9 Å². The van der Waals surface area contributed by atoms with E-state index in [4.69, 9.17) is 11.6 Å². The second-order valence-electron chi connectivity index (χ2n) is 4.16. The van der Waals surface area contributed by atoms with Crippen molar-refractivity contribution in [3.63, 3.8) is 0 Å². The molecule has 3 nitrogen and oxygen atoms in total. The Hall–Kier alpha value is -1.39. The van der Waals surface area contributed by atoms with E-state index in [0.29, 0.717) is 11.6 Å². The molecular weight excluding hydrogens is 268 g/mol. The van der Waals surface area contributed by atoms with Gasteiger partial charge in [-0.1, -0.05) is 30.3 Å². The van der Waals surface area contributed by atoms with Gasteiger partial charge in [-0.15, -0.1) is 22.9 Å². The highest BCUT2D eigenvalue weighted by Gasteiger charge is 2.28. The molecule has 1 aromatic heterocycles. The van der Waals surface area contributed by atoms with Crippen molar-refractivity contribution in [2.45, 2.75) is 12.5 Å². The number of carbonyl (C=O) groups is 1. The molecule has 0 fully saturated rings. The number of nitrogens with one attached hydrogen (secondary N) is 1. The SMILES string of the molecule is CC(CCl)(NC(=O)c1cscn1)c1ccccc1. The quantitative estimate of drug-likeness (QED) is 0.875. The Morgan fingerprint density at radius 2 is 2.17 bits per heavy atom. The van der Waals surface area contributed by atoms with Crippen molar-refractivity contribution in [2.24, 2.45) is 0 Å². The summed E-state index contributed by atoms with van der Waals surface area (Å²) in [5.41, 5.74) is 2.44. The van der Waals surface area contributed by atoms with E-state index in [0.717, 1.165) is 5.56 Å². The van der Waals surface area contributed by atoms with Gasteiger partial charge >= 0.3 is 0 Å². The maximum Gasteiger partial charge on any atom is 0.271 e. The molecular formula is C13H13ClN2OS. The number of carbonyl (C=O) groups excluding carboxylic acids is 1. The second-order valence-corrected chi connectivity index (χ2v) is 5.15. The molecule has 0 saturated carbocycles. The van der Waals surface area contributed by atoms with Gasteiger partial charge in [0.25, 0.3) is 5.91 Å². The standard InChI is InChI=1S/C13H13ClN2OS/c1-13(8-14,10-5-3-2-4-6-10)16-12(17)11-7-18-9-15-11/h2-7,9H,8H2,1H3,(H,16,17). The summed E-state index contributed by atoms with van der Waals surface area (Å²) >= 11 is 7.41. The van der Waals surface area contributed by atoms with Crippen LogP contribution in [-0.4, -0.2) is 16.8 Å². The van der Waals surface area contributed by atoms with Gasteiger partial charge in [-0.25, -0.2) is 4.98 Å². The molecule has 0 spiro atoms. The van der Waals surface area contributed by atoms with Crippen molar-refractivity contribution in [3.05, 3.63) is 52.5 Å². The highest BCUT2D eigenvalue weighted by Crippen LogP contribution is 2.22. The van der Waals surface area contributed by atoms with Gasteiger partial charge < -0.3 is 5.32 Å². The summed E-state index contributed by atoms with van der Waals surface area (Å²) in [5, 5.41) is 4.65. The summed E-state index contributed by atoms with van der Waals surface area (Å²) in [4.78, 5) is 16.0. The second kappa shape index (κ2) is 5.50. The number of amides is 1. The predicted octanol–water partition coefficient (Wildman–Crippen LogP) is 3.03. The van der Waals surface area contributed by atoms with Crippen molar-refractivity contribution in [1.82, 2.24) is 10.3 Å². The molecule has 0 saturated heterocycles. The summed E-state index contributed by atoms with van der Waals surface area (Å²) in [7, 11) is 0. The van der Waals surface area contributed by atoms with E-state index >= 15 is 0 Å². The highest BCUT2D eigenvalue weighted by molar-refractivity contribution is 7.07. The van der Waals surface area contributed by atoms with Crippen molar-refractivity contribution < 1.29 is 4.79 Å². The summed E-state index contributed by atoms with van der Waals surface area (Å²) in [6.07, 6.45) is 0. The van der Waals surface area contributed by atoms with E-state index in [9.17, 15) is 4.79 Å². The normalized spacial score (nSPS) is 13.9. The average Bonchev–Trinajstić information content (AvgIpc) is 2.93. The molecule has 1 amide bonds. The van der Waals surface area contributed by atoms with Gasteiger partial charge in [-0.2, -0.15) is 0 Å². The summed E-state index contributed by atoms with van der Waals surface area (Å²) in [6, 6.07) is 9.68. The van der Waals surface area contributed by atoms with E-state index < -0.39 is 5.54 Å². The molecule has 0 aliphatic carbocycles. The minimum atomic E-state index is -0.594. The lowest BCUT2D eigenvalue weighted by Gasteiger charge is -2.28. The lowest BCUT2D eigenvalue weighted by Crippen LogP contribution is -2.45. The Morgan fingerprint density at radius 3 is 2.72 bits per heavy atom. The topological polar surface area (TPSA) is 42.0 Å². The number of aromatic nitrogens is 1. The molecule has 1 atom stereocenters. The zero-order valence-corrected chi connectivity index (χ0v) is 11.5. The lowest BCUT2D eigenvalue weighted by molar-refractivity contribution is 0.0909. The molecule has 1 N–H and O–H groups in total. The smallest absolute Gasteiger partial charge is 0.271 e. The molecule has 94 valence electrons. The number of halogens is 1. The first kappa shape index (κ1) is 13.1. The van der Waals surface area contributed by atoms with E-state index in [1.165, 1.54) is 11.3 Å². The zero-order valence-electron chi connectivity index (χ0n) is 9.89. The minimum Gasteiger partial charge on any atom is -0.340 e. The average molecular weight is 281 g/mol. The molecule has 2 aromatic rings. The third kappa shape index (κ3) is 2.71. The maximum absolute atomic E-state index is 12.0. The van der Waals surface area contributed by atoms with Crippen LogP contribution >= 0.6 is 22.9 Å². The maximum atomic E-state index is 12.0. The van der Waals surface area contributed by atoms with Gasteiger partial charge in [0.1, 0.15) is 5.69 Å². The third-order valence-electron chi connectivity index (χ3n) is 2.73. The van der Waals surface area contributed by atoms with Crippen LogP contribution in [0, 0.1) is 0 Å². The lowest BCUT2D eigenvalue weighted by atomic mass is 9.94. The third-order valence-corrected chi connectivity index (χ3v) is 3.85. The Kier molecular flexibility index (Phi) is 3.99. The minimum absolute atomic E-state index is 0.205. The number of alkyl halides is 1. The van der Waals surface area contributed by atoms with Crippen molar-refractivity contribution >= 4 is 28.8 Å². The van der Waals surface area contributed by atoms with Crippen LogP contribution in [0.1, 0.15) is 23.0 Å². The van der Waals surface area contributed by atoms with Crippen LogP contribution < -0.4 is 5.32 Å². The molecule has 1 heterocycles. The van der Waals surface area contributed by atoms with Crippen LogP contribution in [-0.2, 0) is 5.54 Å². The summed E-state index contributed by atoms with van der Waals surface area (Å²) in [5.74, 6) is 0.0932. The van der Waals surface area contributed by atoms with E-state index in [-0.39, 0.29) is 5.91 Å². The van der Waals surface area contributed by atoms with Crippen LogP contribution in [0.25, 0.3) is 0 Å². The number of hydrogen-bond acceptors (Lipinski definition) is 3. The zero-order chi connectivity index (χ0) is 13.0. The van der Waals surface area contributed by atoms with Crippen molar-refractivity contribution in [2.75, 3.05) is 5.88 Å². The Labute approximate surface area is 115 Å². The highest BCUT2D eigenvalue weighted by atomic mass is 35.5. The van der Waals surface area contributed by atoms with Gasteiger partial charge in [-0.05, 0) is 12.5 Å². The molecule has 2 rings (SSSR count). The van der Waals surface area contributed by atoms with Crippen LogP contribution in [0.5, 0.6) is 0 Å². The fraction of sp³-hybridized carbons (Fsp3) is 0.231. The monoisotopic (exact) mass is 280 g/mol. The number of benzene rings is 1. The fourth-order valence-corrected chi connectivity index (χ4v) is 2.38. The Morgan fingerprint density at radius 1 is 1.44 bits per heavy atom. The van der Waals surface area contributed by atoms with Crippen LogP contribution in [0.15, 0.2) is 41.2 Å². The number of nitrogens with zero attached hydrogens (tertiary/aromatic N) is 1. The van der Waals surface area contributed by atoms with Crippen LogP contribution in [0.4, 0.5) is 0 Å². The van der Waals surface area contributed by atoms with Gasteiger partial charge in [0.2, 0.25) is 0 Å². The largest absolute Gasteiger partial charge is 0.340 e. The molecule has 1 unspecified atom stereocenters. The fourth-order valence-electron chi connectivity index (χ4n) is 1.63. The summed E-state index contributed by atoms with van der Waals surface area (Å²) < 4.78 is 0. The van der Waals surface area contributed by atoms with Crippen molar-refractivity contribution in [3.8, 4) is 0 Å². The van der Waals surface area contributed by atoms with Crippen molar-refractivity contribution in [1.29, 1.82) is 0 Å². The Bertz CT molecular complexity index is 515. The molecule has 18 heavy (non-hydrogen) atoms. The molecule has 0 aliphatic heterocycles. The molecule has 0 bridgehead atoms. The first-order valence-corrected chi connectivity index (χ1v) is 6.95. The molecule has 0 aliphatic rings. The van der Waals surface area contributed by atoms with Gasteiger partial charge in [-0.3, -0.25) is 4.79 Å². The Balaban J connectivity index is 2.21. The van der Waals surface area contributed by atoms with E-state index in [2.05, 4.69) is 10.3 Å². The van der Waals surface area contributed by atoms with Gasteiger partial charge in [0.05, 0.1) is 11.0 Å². The van der Waals surface area contributed by atoms with Gasteiger partial charge in [0, 0.05) is 11.3 Å². The molecule has 5 heteroatoms. The summed E-state index contributed by atoms with van der Waals surface area (Å²) in [6.45, 7) is 1.90. The number of rotatable bonds is 4. The molecule has 0 radical (unpaired) electrons. The van der Waals surface area contributed by atoms with E-state index in [1.807, 2.05) is 37.3 Å². The number of hydrogen-bond donors (Lipinski definition) is 1. The van der Waals surface area contributed by atoms with Crippen LogP contribution in [0.3, 0.4) is 0 Å². The first-order valence-electron chi connectivity index (χ1n) is 5.48. The number of thiazole rings is 1. The molecule has 1 aromatic carbocycles. The first-order chi connectivity index (χ1) is 8.65. The van der Waals surface area contributed by atoms with Gasteiger partial charge in [0.15, 0.2) is 0 Å².